The fourth-order valence-corrected chi connectivity index (χ4v) is 1.83. The minimum atomic E-state index is 0.617. The monoisotopic (exact) mass is 201 g/mol. The lowest BCUT2D eigenvalue weighted by atomic mass is 9.95. The second kappa shape index (κ2) is 9.47. The zero-order chi connectivity index (χ0) is 10.8. The lowest BCUT2D eigenvalue weighted by Crippen LogP contribution is -2.33. The molecule has 0 saturated carbocycles. The molecule has 14 heavy (non-hydrogen) atoms. The van der Waals surface area contributed by atoms with Crippen molar-refractivity contribution in [3.05, 3.63) is 0 Å². The molecule has 0 aromatic rings. The molecule has 0 aromatic carbocycles. The van der Waals surface area contributed by atoms with Gasteiger partial charge in [-0.1, -0.05) is 27.2 Å². The summed E-state index contributed by atoms with van der Waals surface area (Å²) in [5, 5.41) is 3.38. The zero-order valence-corrected chi connectivity index (χ0v) is 10.3. The minimum Gasteiger partial charge on any atom is -0.381 e. The SMILES string of the molecule is CCCOCCC(NC)C(C)CCC. The molecule has 0 rings (SSSR count). The van der Waals surface area contributed by atoms with Crippen molar-refractivity contribution in [2.45, 2.75) is 52.5 Å². The maximum atomic E-state index is 5.50. The van der Waals surface area contributed by atoms with E-state index in [9.17, 15) is 0 Å². The number of rotatable bonds is 9. The zero-order valence-electron chi connectivity index (χ0n) is 10.3. The Balaban J connectivity index is 3.56. The molecule has 0 saturated heterocycles. The molecule has 0 amide bonds. The van der Waals surface area contributed by atoms with Crippen LogP contribution in [0.1, 0.15) is 46.5 Å². The topological polar surface area (TPSA) is 21.3 Å². The highest BCUT2D eigenvalue weighted by atomic mass is 16.5. The lowest BCUT2D eigenvalue weighted by molar-refractivity contribution is 0.119. The van der Waals surface area contributed by atoms with Gasteiger partial charge in [0.2, 0.25) is 0 Å². The van der Waals surface area contributed by atoms with Crippen molar-refractivity contribution in [3.8, 4) is 0 Å². The molecule has 0 spiro atoms. The Bertz CT molecular complexity index is 117. The van der Waals surface area contributed by atoms with Crippen molar-refractivity contribution in [3.63, 3.8) is 0 Å². The summed E-state index contributed by atoms with van der Waals surface area (Å²) < 4.78 is 5.50. The molecule has 0 heterocycles. The van der Waals surface area contributed by atoms with Gasteiger partial charge in [-0.3, -0.25) is 0 Å². The van der Waals surface area contributed by atoms with Crippen LogP contribution in [0.4, 0.5) is 0 Å². The molecule has 2 unspecified atom stereocenters. The normalized spacial score (nSPS) is 15.4. The van der Waals surface area contributed by atoms with Gasteiger partial charge in [0, 0.05) is 19.3 Å². The number of hydrogen-bond donors (Lipinski definition) is 1. The van der Waals surface area contributed by atoms with Gasteiger partial charge in [0.05, 0.1) is 0 Å². The Morgan fingerprint density at radius 1 is 1.07 bits per heavy atom. The Hall–Kier alpha value is -0.0800. The molecule has 86 valence electrons. The summed E-state index contributed by atoms with van der Waals surface area (Å²) >= 11 is 0. The van der Waals surface area contributed by atoms with Crippen molar-refractivity contribution in [1.82, 2.24) is 5.32 Å². The van der Waals surface area contributed by atoms with Gasteiger partial charge in [-0.2, -0.15) is 0 Å². The van der Waals surface area contributed by atoms with Crippen LogP contribution in [0.3, 0.4) is 0 Å². The van der Waals surface area contributed by atoms with Crippen molar-refractivity contribution >= 4 is 0 Å². The molecule has 2 atom stereocenters. The fourth-order valence-electron chi connectivity index (χ4n) is 1.83. The van der Waals surface area contributed by atoms with Crippen LogP contribution in [-0.4, -0.2) is 26.3 Å². The largest absolute Gasteiger partial charge is 0.381 e. The Labute approximate surface area is 89.4 Å². The van der Waals surface area contributed by atoms with Crippen LogP contribution in [0.25, 0.3) is 0 Å². The Morgan fingerprint density at radius 2 is 1.79 bits per heavy atom. The van der Waals surface area contributed by atoms with Crippen LogP contribution in [0, 0.1) is 5.92 Å². The average molecular weight is 201 g/mol. The van der Waals surface area contributed by atoms with E-state index in [4.69, 9.17) is 4.74 Å². The van der Waals surface area contributed by atoms with Crippen LogP contribution in [0.15, 0.2) is 0 Å². The van der Waals surface area contributed by atoms with Gasteiger partial charge >= 0.3 is 0 Å². The highest BCUT2D eigenvalue weighted by Crippen LogP contribution is 2.13. The number of hydrogen-bond acceptors (Lipinski definition) is 2. The van der Waals surface area contributed by atoms with Crippen LogP contribution < -0.4 is 5.32 Å². The van der Waals surface area contributed by atoms with E-state index in [1.54, 1.807) is 0 Å². The second-order valence-electron chi connectivity index (χ2n) is 4.06. The van der Waals surface area contributed by atoms with Gasteiger partial charge in [-0.05, 0) is 32.2 Å². The predicted octanol–water partition coefficient (Wildman–Crippen LogP) is 2.83. The Morgan fingerprint density at radius 3 is 2.29 bits per heavy atom. The fraction of sp³-hybridized carbons (Fsp3) is 1.00. The van der Waals surface area contributed by atoms with Crippen molar-refractivity contribution in [2.24, 2.45) is 5.92 Å². The standard InChI is InChI=1S/C12H27NO/c1-5-7-11(3)12(13-4)8-10-14-9-6-2/h11-13H,5-10H2,1-4H3. The van der Waals surface area contributed by atoms with Gasteiger partial charge in [-0.15, -0.1) is 0 Å². The maximum Gasteiger partial charge on any atom is 0.0480 e. The molecule has 2 heteroatoms. The first-order valence-electron chi connectivity index (χ1n) is 6.01. The number of nitrogens with one attached hydrogen (secondary N) is 1. The molecule has 2 nitrogen and oxygen atoms in total. The number of ether oxygens (including phenoxy) is 1. The minimum absolute atomic E-state index is 0.617. The summed E-state index contributed by atoms with van der Waals surface area (Å²) in [4.78, 5) is 0. The third-order valence-electron chi connectivity index (χ3n) is 2.72. The molecule has 0 aliphatic rings. The summed E-state index contributed by atoms with van der Waals surface area (Å²) in [5.41, 5.74) is 0. The highest BCUT2D eigenvalue weighted by molar-refractivity contribution is 4.71. The summed E-state index contributed by atoms with van der Waals surface area (Å²) in [6, 6.07) is 0.617. The van der Waals surface area contributed by atoms with Crippen LogP contribution in [-0.2, 0) is 4.74 Å². The summed E-state index contributed by atoms with van der Waals surface area (Å²) in [7, 11) is 2.05. The van der Waals surface area contributed by atoms with Crippen LogP contribution >= 0.6 is 0 Å². The van der Waals surface area contributed by atoms with Crippen molar-refractivity contribution in [2.75, 3.05) is 20.3 Å². The van der Waals surface area contributed by atoms with E-state index < -0.39 is 0 Å². The first kappa shape index (κ1) is 13.9. The van der Waals surface area contributed by atoms with Crippen LogP contribution in [0.2, 0.25) is 0 Å². The first-order chi connectivity index (χ1) is 6.76. The smallest absolute Gasteiger partial charge is 0.0480 e. The predicted molar refractivity (Wildman–Crippen MR) is 62.6 cm³/mol. The molecular formula is C12H27NO. The van der Waals surface area contributed by atoms with Gasteiger partial charge in [0.25, 0.3) is 0 Å². The van der Waals surface area contributed by atoms with Crippen molar-refractivity contribution in [1.29, 1.82) is 0 Å². The van der Waals surface area contributed by atoms with E-state index in [2.05, 4.69) is 33.1 Å². The highest BCUT2D eigenvalue weighted by Gasteiger charge is 2.13. The molecule has 0 bridgehead atoms. The van der Waals surface area contributed by atoms with Gasteiger partial charge in [0.1, 0.15) is 0 Å². The second-order valence-corrected chi connectivity index (χ2v) is 4.06. The molecule has 0 aliphatic carbocycles. The van der Waals surface area contributed by atoms with Crippen molar-refractivity contribution < 1.29 is 4.74 Å². The summed E-state index contributed by atoms with van der Waals surface area (Å²) in [6.07, 6.45) is 4.83. The van der Waals surface area contributed by atoms with E-state index >= 15 is 0 Å². The molecule has 0 aromatic heterocycles. The maximum absolute atomic E-state index is 5.50. The lowest BCUT2D eigenvalue weighted by Gasteiger charge is -2.23. The first-order valence-corrected chi connectivity index (χ1v) is 6.01. The van der Waals surface area contributed by atoms with E-state index in [1.807, 2.05) is 0 Å². The van der Waals surface area contributed by atoms with E-state index in [1.165, 1.54) is 12.8 Å². The molecular weight excluding hydrogens is 174 g/mol. The molecule has 1 N–H and O–H groups in total. The quantitative estimate of drug-likeness (QED) is 0.579. The van der Waals surface area contributed by atoms with E-state index in [-0.39, 0.29) is 0 Å². The third-order valence-corrected chi connectivity index (χ3v) is 2.72. The van der Waals surface area contributed by atoms with Gasteiger partial charge in [-0.25, -0.2) is 0 Å². The third kappa shape index (κ3) is 6.39. The van der Waals surface area contributed by atoms with E-state index in [0.29, 0.717) is 6.04 Å². The van der Waals surface area contributed by atoms with Gasteiger partial charge in [0.15, 0.2) is 0 Å². The van der Waals surface area contributed by atoms with Gasteiger partial charge < -0.3 is 10.1 Å². The average Bonchev–Trinajstić information content (AvgIpc) is 2.18. The summed E-state index contributed by atoms with van der Waals surface area (Å²) in [6.45, 7) is 8.52. The molecule has 0 radical (unpaired) electrons. The van der Waals surface area contributed by atoms with Crippen LogP contribution in [0.5, 0.6) is 0 Å². The Kier molecular flexibility index (Phi) is 9.42. The summed E-state index contributed by atoms with van der Waals surface area (Å²) in [5.74, 6) is 0.759. The molecule has 0 aliphatic heterocycles. The van der Waals surface area contributed by atoms with E-state index in [0.717, 1.165) is 32.0 Å². The molecule has 0 fully saturated rings.